The van der Waals surface area contributed by atoms with E-state index in [-0.39, 0.29) is 16.5 Å². The Bertz CT molecular complexity index is 512. The summed E-state index contributed by atoms with van der Waals surface area (Å²) in [6.07, 6.45) is 0. The van der Waals surface area contributed by atoms with Crippen molar-refractivity contribution in [3.05, 3.63) is 22.7 Å². The number of halogens is 1. The van der Waals surface area contributed by atoms with Crippen LogP contribution in [0, 0.1) is 12.8 Å². The van der Waals surface area contributed by atoms with Gasteiger partial charge in [0.15, 0.2) is 0 Å². The van der Waals surface area contributed by atoms with E-state index < -0.39 is 10.0 Å². The molecule has 0 aliphatic rings. The molecule has 0 aliphatic carbocycles. The zero-order valence-corrected chi connectivity index (χ0v) is 11.7. The number of benzene rings is 1. The SMILES string of the molecule is Cc1cc(Cl)c(N)cc1S(=O)(=O)NCC(C)C. The highest BCUT2D eigenvalue weighted by Crippen LogP contribution is 2.26. The molecule has 0 aliphatic heterocycles. The van der Waals surface area contributed by atoms with Crippen molar-refractivity contribution in [1.82, 2.24) is 4.72 Å². The standard InChI is InChI=1S/C11H17ClN2O2S/c1-7(2)6-14-17(15,16)11-5-10(13)9(12)4-8(11)3/h4-5,7,14H,6,13H2,1-3H3. The third-order valence-corrected chi connectivity index (χ3v) is 4.16. The van der Waals surface area contributed by atoms with Crippen LogP contribution < -0.4 is 10.5 Å². The van der Waals surface area contributed by atoms with E-state index in [2.05, 4.69) is 4.72 Å². The molecular formula is C11H17ClN2O2S. The van der Waals surface area contributed by atoms with Crippen molar-refractivity contribution < 1.29 is 8.42 Å². The molecule has 0 fully saturated rings. The zero-order valence-electron chi connectivity index (χ0n) is 10.1. The van der Waals surface area contributed by atoms with E-state index in [1.165, 1.54) is 6.07 Å². The summed E-state index contributed by atoms with van der Waals surface area (Å²) in [5.41, 5.74) is 6.47. The fourth-order valence-corrected chi connectivity index (χ4v) is 3.00. The van der Waals surface area contributed by atoms with Crippen LogP contribution in [0.2, 0.25) is 5.02 Å². The first-order chi connectivity index (χ1) is 7.74. The predicted octanol–water partition coefficient (Wildman–Crippen LogP) is 2.16. The maximum absolute atomic E-state index is 12.0. The fraction of sp³-hybridized carbons (Fsp3) is 0.455. The molecule has 3 N–H and O–H groups in total. The van der Waals surface area contributed by atoms with Crippen molar-refractivity contribution in [3.8, 4) is 0 Å². The topological polar surface area (TPSA) is 72.2 Å². The second-order valence-electron chi connectivity index (χ2n) is 4.38. The molecule has 96 valence electrons. The third-order valence-electron chi connectivity index (χ3n) is 2.27. The lowest BCUT2D eigenvalue weighted by molar-refractivity contribution is 0.559. The number of rotatable bonds is 4. The summed E-state index contributed by atoms with van der Waals surface area (Å²) in [7, 11) is -3.51. The molecule has 0 saturated heterocycles. The quantitative estimate of drug-likeness (QED) is 0.828. The van der Waals surface area contributed by atoms with E-state index in [0.29, 0.717) is 17.1 Å². The van der Waals surface area contributed by atoms with Gasteiger partial charge in [-0.05, 0) is 30.5 Å². The van der Waals surface area contributed by atoms with Gasteiger partial charge >= 0.3 is 0 Å². The minimum absolute atomic E-state index is 0.181. The summed E-state index contributed by atoms with van der Waals surface area (Å²) < 4.78 is 26.6. The molecular weight excluding hydrogens is 260 g/mol. The highest BCUT2D eigenvalue weighted by molar-refractivity contribution is 7.89. The normalized spacial score (nSPS) is 12.1. The van der Waals surface area contributed by atoms with Gasteiger partial charge in [-0.15, -0.1) is 0 Å². The van der Waals surface area contributed by atoms with Crippen LogP contribution in [0.4, 0.5) is 5.69 Å². The van der Waals surface area contributed by atoms with Crippen LogP contribution in [-0.4, -0.2) is 15.0 Å². The number of aryl methyl sites for hydroxylation is 1. The molecule has 0 spiro atoms. The van der Waals surface area contributed by atoms with Crippen LogP contribution in [0.5, 0.6) is 0 Å². The molecule has 4 nitrogen and oxygen atoms in total. The summed E-state index contributed by atoms with van der Waals surface area (Å²) in [6, 6.07) is 2.95. The van der Waals surface area contributed by atoms with Gasteiger partial charge in [0, 0.05) is 6.54 Å². The molecule has 0 bridgehead atoms. The smallest absolute Gasteiger partial charge is 0.240 e. The van der Waals surface area contributed by atoms with Crippen molar-refractivity contribution in [2.24, 2.45) is 5.92 Å². The summed E-state index contributed by atoms with van der Waals surface area (Å²) >= 11 is 5.82. The molecule has 6 heteroatoms. The third kappa shape index (κ3) is 3.59. The Labute approximate surface area is 107 Å². The number of sulfonamides is 1. The maximum atomic E-state index is 12.0. The molecule has 0 amide bonds. The second-order valence-corrected chi connectivity index (χ2v) is 6.53. The first-order valence-corrected chi connectivity index (χ1v) is 7.15. The lowest BCUT2D eigenvalue weighted by Crippen LogP contribution is -2.28. The summed E-state index contributed by atoms with van der Waals surface area (Å²) in [4.78, 5) is 0.181. The van der Waals surface area contributed by atoms with E-state index >= 15 is 0 Å². The van der Waals surface area contributed by atoms with Crippen molar-refractivity contribution in [2.75, 3.05) is 12.3 Å². The number of nitrogens with one attached hydrogen (secondary N) is 1. The van der Waals surface area contributed by atoms with E-state index in [4.69, 9.17) is 17.3 Å². The highest BCUT2D eigenvalue weighted by atomic mass is 35.5. The van der Waals surface area contributed by atoms with Gasteiger partial charge in [-0.1, -0.05) is 25.4 Å². The van der Waals surface area contributed by atoms with Gasteiger partial charge in [0.05, 0.1) is 15.6 Å². The Balaban J connectivity index is 3.11. The number of nitrogens with two attached hydrogens (primary N) is 1. The molecule has 0 heterocycles. The number of hydrogen-bond acceptors (Lipinski definition) is 3. The minimum Gasteiger partial charge on any atom is -0.397 e. The molecule has 0 saturated carbocycles. The number of anilines is 1. The minimum atomic E-state index is -3.51. The van der Waals surface area contributed by atoms with Crippen molar-refractivity contribution in [3.63, 3.8) is 0 Å². The first-order valence-electron chi connectivity index (χ1n) is 5.29. The number of hydrogen-bond donors (Lipinski definition) is 2. The molecule has 17 heavy (non-hydrogen) atoms. The van der Waals surface area contributed by atoms with Gasteiger partial charge in [-0.25, -0.2) is 13.1 Å². The average molecular weight is 277 g/mol. The Morgan fingerprint density at radius 2 is 2.00 bits per heavy atom. The number of nitrogen functional groups attached to an aromatic ring is 1. The van der Waals surface area contributed by atoms with Gasteiger partial charge in [0.1, 0.15) is 0 Å². The molecule has 0 atom stereocenters. The Kier molecular flexibility index (Phi) is 4.41. The van der Waals surface area contributed by atoms with Crippen LogP contribution in [0.1, 0.15) is 19.4 Å². The highest BCUT2D eigenvalue weighted by Gasteiger charge is 2.18. The van der Waals surface area contributed by atoms with Crippen molar-refractivity contribution in [2.45, 2.75) is 25.7 Å². The predicted molar refractivity (Wildman–Crippen MR) is 70.6 cm³/mol. The first kappa shape index (κ1) is 14.3. The van der Waals surface area contributed by atoms with Gasteiger partial charge in [-0.2, -0.15) is 0 Å². The Hall–Kier alpha value is -0.780. The van der Waals surface area contributed by atoms with E-state index in [1.807, 2.05) is 13.8 Å². The van der Waals surface area contributed by atoms with E-state index in [1.54, 1.807) is 13.0 Å². The fourth-order valence-electron chi connectivity index (χ4n) is 1.31. The largest absolute Gasteiger partial charge is 0.397 e. The summed E-state index contributed by atoms with van der Waals surface area (Å²) in [5.74, 6) is 0.245. The molecule has 0 unspecified atom stereocenters. The average Bonchev–Trinajstić information content (AvgIpc) is 2.20. The molecule has 0 radical (unpaired) electrons. The van der Waals surface area contributed by atoms with Gasteiger partial charge in [-0.3, -0.25) is 0 Å². The van der Waals surface area contributed by atoms with Crippen molar-refractivity contribution >= 4 is 27.3 Å². The molecule has 1 rings (SSSR count). The van der Waals surface area contributed by atoms with Crippen LogP contribution in [-0.2, 0) is 10.0 Å². The van der Waals surface area contributed by atoms with Crippen molar-refractivity contribution in [1.29, 1.82) is 0 Å². The monoisotopic (exact) mass is 276 g/mol. The zero-order chi connectivity index (χ0) is 13.2. The van der Waals surface area contributed by atoms with Crippen LogP contribution in [0.3, 0.4) is 0 Å². The lowest BCUT2D eigenvalue weighted by atomic mass is 10.2. The van der Waals surface area contributed by atoms with E-state index in [0.717, 1.165) is 0 Å². The Morgan fingerprint density at radius 1 is 1.41 bits per heavy atom. The second kappa shape index (κ2) is 5.25. The summed E-state index contributed by atoms with van der Waals surface area (Å²) in [5, 5.41) is 0.366. The lowest BCUT2D eigenvalue weighted by Gasteiger charge is -2.12. The van der Waals surface area contributed by atoms with Crippen LogP contribution in [0.25, 0.3) is 0 Å². The van der Waals surface area contributed by atoms with Crippen LogP contribution in [0.15, 0.2) is 17.0 Å². The van der Waals surface area contributed by atoms with Gasteiger partial charge < -0.3 is 5.73 Å². The molecule has 1 aromatic rings. The summed E-state index contributed by atoms with van der Waals surface area (Å²) in [6.45, 7) is 5.96. The Morgan fingerprint density at radius 3 is 2.53 bits per heavy atom. The maximum Gasteiger partial charge on any atom is 0.240 e. The van der Waals surface area contributed by atoms with Crippen LogP contribution >= 0.6 is 11.6 Å². The van der Waals surface area contributed by atoms with Gasteiger partial charge in [0.25, 0.3) is 0 Å². The molecule has 1 aromatic carbocycles. The van der Waals surface area contributed by atoms with Gasteiger partial charge in [0.2, 0.25) is 10.0 Å². The van der Waals surface area contributed by atoms with E-state index in [9.17, 15) is 8.42 Å². The molecule has 0 aromatic heterocycles.